The lowest BCUT2D eigenvalue weighted by Crippen LogP contribution is -2.37. The number of thiocarbonyl (C=S) groups is 1. The van der Waals surface area contributed by atoms with Crippen LogP contribution in [-0.4, -0.2) is 17.6 Å². The number of carbonyl (C=O) groups is 1. The zero-order valence-corrected chi connectivity index (χ0v) is 15.6. The van der Waals surface area contributed by atoms with Gasteiger partial charge in [0.2, 0.25) is 0 Å². The number of para-hydroxylation sites is 1. The van der Waals surface area contributed by atoms with Crippen molar-refractivity contribution in [2.24, 2.45) is 0 Å². The first-order valence-corrected chi connectivity index (χ1v) is 9.50. The molecule has 0 spiro atoms. The van der Waals surface area contributed by atoms with Crippen LogP contribution in [-0.2, 0) is 4.79 Å². The second kappa shape index (κ2) is 9.34. The normalized spacial score (nSPS) is 14.5. The lowest BCUT2D eigenvalue weighted by atomic mass is 9.84. The second-order valence-electron chi connectivity index (χ2n) is 6.56. The Kier molecular flexibility index (Phi) is 6.61. The Bertz CT molecular complexity index is 725. The maximum absolute atomic E-state index is 11.9. The minimum Gasteiger partial charge on any atom is -0.484 e. The number of ether oxygens (including phenoxy) is 1. The van der Waals surface area contributed by atoms with E-state index in [2.05, 4.69) is 22.8 Å². The number of carbonyl (C=O) groups excluding carboxylic acids is 1. The predicted molar refractivity (Wildman–Crippen MR) is 109 cm³/mol. The van der Waals surface area contributed by atoms with Gasteiger partial charge >= 0.3 is 0 Å². The summed E-state index contributed by atoms with van der Waals surface area (Å²) in [6.45, 7) is -0.0769. The number of benzene rings is 2. The second-order valence-corrected chi connectivity index (χ2v) is 6.97. The molecule has 0 saturated heterocycles. The molecule has 4 nitrogen and oxygen atoms in total. The number of hydrogen-bond acceptors (Lipinski definition) is 3. The van der Waals surface area contributed by atoms with Gasteiger partial charge in [-0.2, -0.15) is 0 Å². The van der Waals surface area contributed by atoms with E-state index in [4.69, 9.17) is 17.0 Å². The van der Waals surface area contributed by atoms with Gasteiger partial charge in [-0.25, -0.2) is 0 Å². The summed E-state index contributed by atoms with van der Waals surface area (Å²) in [5, 5.41) is 5.95. The molecule has 0 bridgehead atoms. The molecule has 0 unspecified atom stereocenters. The zero-order chi connectivity index (χ0) is 18.2. The number of anilines is 1. The third-order valence-electron chi connectivity index (χ3n) is 4.61. The molecule has 2 aromatic carbocycles. The maximum atomic E-state index is 11.9. The Morgan fingerprint density at radius 1 is 1.00 bits per heavy atom. The van der Waals surface area contributed by atoms with Gasteiger partial charge < -0.3 is 10.1 Å². The van der Waals surface area contributed by atoms with Crippen LogP contribution in [0.25, 0.3) is 0 Å². The fraction of sp³-hybridized carbons (Fsp3) is 0.333. The summed E-state index contributed by atoms with van der Waals surface area (Å²) in [7, 11) is 0. The Hall–Kier alpha value is -2.40. The molecule has 136 valence electrons. The summed E-state index contributed by atoms with van der Waals surface area (Å²) in [5.41, 5.74) is 2.26. The lowest BCUT2D eigenvalue weighted by Gasteiger charge is -2.22. The highest BCUT2D eigenvalue weighted by molar-refractivity contribution is 7.80. The van der Waals surface area contributed by atoms with Crippen molar-refractivity contribution >= 4 is 28.9 Å². The molecule has 2 N–H and O–H groups in total. The summed E-state index contributed by atoms with van der Waals surface area (Å²) < 4.78 is 5.40. The monoisotopic (exact) mass is 368 g/mol. The van der Waals surface area contributed by atoms with Gasteiger partial charge in [-0.05, 0) is 60.8 Å². The van der Waals surface area contributed by atoms with E-state index in [1.807, 2.05) is 30.3 Å². The van der Waals surface area contributed by atoms with E-state index >= 15 is 0 Å². The van der Waals surface area contributed by atoms with Crippen molar-refractivity contribution in [1.82, 2.24) is 5.32 Å². The van der Waals surface area contributed by atoms with Gasteiger partial charge in [0.05, 0.1) is 0 Å². The van der Waals surface area contributed by atoms with Gasteiger partial charge in [-0.15, -0.1) is 0 Å². The minimum atomic E-state index is -0.287. The van der Waals surface area contributed by atoms with Crippen LogP contribution in [0.5, 0.6) is 5.75 Å². The van der Waals surface area contributed by atoms with Gasteiger partial charge in [0, 0.05) is 5.69 Å². The SMILES string of the molecule is O=C(COc1ccccc1)NC(=S)Nc1ccc(C2CCCCC2)cc1. The van der Waals surface area contributed by atoms with Crippen LogP contribution in [0, 0.1) is 0 Å². The molecule has 26 heavy (non-hydrogen) atoms. The molecule has 2 aromatic rings. The van der Waals surface area contributed by atoms with Gasteiger partial charge in [0.15, 0.2) is 11.7 Å². The Morgan fingerprint density at radius 2 is 1.69 bits per heavy atom. The molecule has 3 rings (SSSR count). The van der Waals surface area contributed by atoms with Crippen LogP contribution >= 0.6 is 12.2 Å². The smallest absolute Gasteiger partial charge is 0.264 e. The Labute approximate surface area is 160 Å². The fourth-order valence-corrected chi connectivity index (χ4v) is 3.50. The third-order valence-corrected chi connectivity index (χ3v) is 4.82. The summed E-state index contributed by atoms with van der Waals surface area (Å²) in [6, 6.07) is 17.6. The van der Waals surface area contributed by atoms with E-state index in [1.54, 1.807) is 12.1 Å². The molecule has 0 aromatic heterocycles. The van der Waals surface area contributed by atoms with Crippen LogP contribution < -0.4 is 15.4 Å². The molecule has 1 aliphatic rings. The summed E-state index contributed by atoms with van der Waals surface area (Å²) >= 11 is 5.20. The maximum Gasteiger partial charge on any atom is 0.264 e. The van der Waals surface area contributed by atoms with Gasteiger partial charge in [0.1, 0.15) is 5.75 Å². The van der Waals surface area contributed by atoms with Crippen molar-refractivity contribution in [2.45, 2.75) is 38.0 Å². The van der Waals surface area contributed by atoms with Crippen LogP contribution in [0.3, 0.4) is 0 Å². The molecule has 1 fully saturated rings. The van der Waals surface area contributed by atoms with E-state index in [0.717, 1.165) is 5.69 Å². The lowest BCUT2D eigenvalue weighted by molar-refractivity contribution is -0.121. The van der Waals surface area contributed by atoms with E-state index in [-0.39, 0.29) is 17.6 Å². The average Bonchev–Trinajstić information content (AvgIpc) is 2.68. The summed E-state index contributed by atoms with van der Waals surface area (Å²) in [4.78, 5) is 11.9. The number of rotatable bonds is 5. The number of nitrogens with one attached hydrogen (secondary N) is 2. The van der Waals surface area contributed by atoms with Crippen molar-refractivity contribution in [3.63, 3.8) is 0 Å². The van der Waals surface area contributed by atoms with Crippen molar-refractivity contribution in [3.05, 3.63) is 60.2 Å². The first kappa shape index (κ1) is 18.4. The van der Waals surface area contributed by atoms with Crippen molar-refractivity contribution in [1.29, 1.82) is 0 Å². The average molecular weight is 369 g/mol. The topological polar surface area (TPSA) is 50.4 Å². The Balaban J connectivity index is 1.44. The van der Waals surface area contributed by atoms with Crippen LogP contribution in [0.1, 0.15) is 43.6 Å². The summed E-state index contributed by atoms with van der Waals surface area (Å²) in [6.07, 6.45) is 6.57. The van der Waals surface area contributed by atoms with Crippen molar-refractivity contribution < 1.29 is 9.53 Å². The third kappa shape index (κ3) is 5.56. The molecule has 0 aliphatic heterocycles. The Morgan fingerprint density at radius 3 is 2.38 bits per heavy atom. The summed E-state index contributed by atoms with van der Waals surface area (Å²) in [5.74, 6) is 1.05. The van der Waals surface area contributed by atoms with Gasteiger partial charge in [-0.3, -0.25) is 10.1 Å². The number of hydrogen-bond donors (Lipinski definition) is 2. The molecule has 1 amide bonds. The van der Waals surface area contributed by atoms with Gasteiger partial charge in [-0.1, -0.05) is 49.6 Å². The molecule has 0 atom stereocenters. The standard InChI is InChI=1S/C21H24N2O2S/c24-20(15-25-19-9-5-2-6-10-19)23-21(26)22-18-13-11-17(12-14-18)16-7-3-1-4-8-16/h2,5-6,9-14,16H,1,3-4,7-8,15H2,(H2,22,23,24,26). The molecule has 5 heteroatoms. The first-order valence-electron chi connectivity index (χ1n) is 9.09. The fourth-order valence-electron chi connectivity index (χ4n) is 3.27. The molecular formula is C21H24N2O2S. The van der Waals surface area contributed by atoms with E-state index in [1.165, 1.54) is 37.7 Å². The highest BCUT2D eigenvalue weighted by atomic mass is 32.1. The van der Waals surface area contributed by atoms with Crippen LogP contribution in [0.4, 0.5) is 5.69 Å². The molecule has 0 heterocycles. The van der Waals surface area contributed by atoms with E-state index in [0.29, 0.717) is 11.7 Å². The molecule has 0 radical (unpaired) electrons. The molecular weight excluding hydrogens is 344 g/mol. The number of amides is 1. The minimum absolute atomic E-state index is 0.0769. The van der Waals surface area contributed by atoms with Crippen molar-refractivity contribution in [2.75, 3.05) is 11.9 Å². The van der Waals surface area contributed by atoms with Crippen molar-refractivity contribution in [3.8, 4) is 5.75 Å². The molecule has 1 saturated carbocycles. The van der Waals surface area contributed by atoms with E-state index in [9.17, 15) is 4.79 Å². The van der Waals surface area contributed by atoms with Gasteiger partial charge in [0.25, 0.3) is 5.91 Å². The van der Waals surface area contributed by atoms with Crippen LogP contribution in [0.15, 0.2) is 54.6 Å². The zero-order valence-electron chi connectivity index (χ0n) is 14.7. The molecule has 1 aliphatic carbocycles. The van der Waals surface area contributed by atoms with E-state index < -0.39 is 0 Å². The predicted octanol–water partition coefficient (Wildman–Crippen LogP) is 4.63. The highest BCUT2D eigenvalue weighted by Gasteiger charge is 2.15. The quantitative estimate of drug-likeness (QED) is 0.756. The highest BCUT2D eigenvalue weighted by Crippen LogP contribution is 2.32. The first-order chi connectivity index (χ1) is 12.7. The van der Waals surface area contributed by atoms with Crippen LogP contribution in [0.2, 0.25) is 0 Å². The largest absolute Gasteiger partial charge is 0.484 e.